The molecule has 2 amide bonds. The Morgan fingerprint density at radius 3 is 2.80 bits per heavy atom. The first-order chi connectivity index (χ1) is 11.8. The normalized spacial score (nSPS) is 17.6. The molecular formula is C19H27FN2O3. The van der Waals surface area contributed by atoms with Crippen LogP contribution in [0.2, 0.25) is 0 Å². The standard InChI is InChI=1S/C19H27FN2O3/c1-5-25-19(3,4)18(24)21-12-15-7-6-10-22(15)17(23)16-11-14(20)9-8-13(16)2/h8-9,11,15H,5-7,10,12H2,1-4H3,(H,21,24)/t15-/m1/s1. The van der Waals surface area contributed by atoms with Crippen LogP contribution >= 0.6 is 0 Å². The van der Waals surface area contributed by atoms with Gasteiger partial charge in [0.2, 0.25) is 0 Å². The van der Waals surface area contributed by atoms with E-state index in [1.54, 1.807) is 31.7 Å². The number of amides is 2. The van der Waals surface area contributed by atoms with Gasteiger partial charge in [0, 0.05) is 31.3 Å². The Labute approximate surface area is 148 Å². The van der Waals surface area contributed by atoms with Gasteiger partial charge in [-0.3, -0.25) is 9.59 Å². The number of aryl methyl sites for hydroxylation is 1. The van der Waals surface area contributed by atoms with Gasteiger partial charge in [0.1, 0.15) is 11.4 Å². The molecule has 5 nitrogen and oxygen atoms in total. The van der Waals surface area contributed by atoms with Crippen LogP contribution in [0, 0.1) is 12.7 Å². The highest BCUT2D eigenvalue weighted by Crippen LogP contribution is 2.22. The first-order valence-electron chi connectivity index (χ1n) is 8.75. The Hall–Kier alpha value is -1.95. The lowest BCUT2D eigenvalue weighted by Gasteiger charge is -2.28. The molecule has 0 radical (unpaired) electrons. The quantitative estimate of drug-likeness (QED) is 0.858. The number of hydrogen-bond donors (Lipinski definition) is 1. The first-order valence-corrected chi connectivity index (χ1v) is 8.75. The zero-order valence-electron chi connectivity index (χ0n) is 15.4. The first kappa shape index (κ1) is 19.4. The molecule has 138 valence electrons. The fourth-order valence-electron chi connectivity index (χ4n) is 3.14. The predicted octanol–water partition coefficient (Wildman–Crippen LogP) is 2.67. The molecular weight excluding hydrogens is 323 g/mol. The SMILES string of the molecule is CCOC(C)(C)C(=O)NC[C@H]1CCCN1C(=O)c1cc(F)ccc1C. The second-order valence-electron chi connectivity index (χ2n) is 6.91. The van der Waals surface area contributed by atoms with Crippen molar-refractivity contribution in [3.05, 3.63) is 35.1 Å². The van der Waals surface area contributed by atoms with E-state index in [1.165, 1.54) is 12.1 Å². The van der Waals surface area contributed by atoms with Gasteiger partial charge in [-0.2, -0.15) is 0 Å². The second kappa shape index (κ2) is 7.95. The van der Waals surface area contributed by atoms with E-state index in [0.717, 1.165) is 18.4 Å². The van der Waals surface area contributed by atoms with Gasteiger partial charge in [0.05, 0.1) is 0 Å². The summed E-state index contributed by atoms with van der Waals surface area (Å²) in [4.78, 5) is 26.8. The maximum Gasteiger partial charge on any atom is 0.254 e. The van der Waals surface area contributed by atoms with E-state index in [-0.39, 0.29) is 17.9 Å². The maximum atomic E-state index is 13.5. The molecule has 0 unspecified atom stereocenters. The molecule has 1 aliphatic heterocycles. The number of halogens is 1. The van der Waals surface area contributed by atoms with Crippen LogP contribution in [0.25, 0.3) is 0 Å². The van der Waals surface area contributed by atoms with Crippen molar-refractivity contribution in [1.29, 1.82) is 0 Å². The number of carbonyl (C=O) groups excluding carboxylic acids is 2. The number of likely N-dealkylation sites (tertiary alicyclic amines) is 1. The Kier molecular flexibility index (Phi) is 6.16. The molecule has 0 aliphatic carbocycles. The summed E-state index contributed by atoms with van der Waals surface area (Å²) in [7, 11) is 0. The molecule has 0 aromatic heterocycles. The summed E-state index contributed by atoms with van der Waals surface area (Å²) in [5.74, 6) is -0.801. The Morgan fingerprint density at radius 1 is 1.40 bits per heavy atom. The van der Waals surface area contributed by atoms with Crippen LogP contribution in [-0.2, 0) is 9.53 Å². The third kappa shape index (κ3) is 4.57. The summed E-state index contributed by atoms with van der Waals surface area (Å²) in [6.07, 6.45) is 1.69. The van der Waals surface area contributed by atoms with Gasteiger partial charge in [0.15, 0.2) is 0 Å². The number of carbonyl (C=O) groups is 2. The molecule has 1 fully saturated rings. The van der Waals surface area contributed by atoms with Gasteiger partial charge < -0.3 is 15.0 Å². The third-order valence-corrected chi connectivity index (χ3v) is 4.62. The number of hydrogen-bond acceptors (Lipinski definition) is 3. The van der Waals surface area contributed by atoms with Crippen molar-refractivity contribution in [1.82, 2.24) is 10.2 Å². The molecule has 1 N–H and O–H groups in total. The van der Waals surface area contributed by atoms with Gasteiger partial charge in [-0.25, -0.2) is 4.39 Å². The van der Waals surface area contributed by atoms with E-state index in [4.69, 9.17) is 4.74 Å². The molecule has 0 saturated carbocycles. The third-order valence-electron chi connectivity index (χ3n) is 4.62. The number of nitrogens with zero attached hydrogens (tertiary/aromatic N) is 1. The highest BCUT2D eigenvalue weighted by Gasteiger charge is 2.33. The van der Waals surface area contributed by atoms with Crippen LogP contribution in [0.1, 0.15) is 49.5 Å². The van der Waals surface area contributed by atoms with Crippen LogP contribution in [-0.4, -0.2) is 48.1 Å². The molecule has 25 heavy (non-hydrogen) atoms. The number of benzene rings is 1. The topological polar surface area (TPSA) is 58.6 Å². The molecule has 1 aromatic rings. The number of rotatable bonds is 6. The largest absolute Gasteiger partial charge is 0.366 e. The lowest BCUT2D eigenvalue weighted by Crippen LogP contribution is -2.49. The summed E-state index contributed by atoms with van der Waals surface area (Å²) >= 11 is 0. The van der Waals surface area contributed by atoms with Crippen molar-refractivity contribution >= 4 is 11.8 Å². The van der Waals surface area contributed by atoms with E-state index in [2.05, 4.69) is 5.32 Å². The molecule has 2 rings (SSSR count). The maximum absolute atomic E-state index is 13.5. The van der Waals surface area contributed by atoms with E-state index in [0.29, 0.717) is 25.3 Å². The predicted molar refractivity (Wildman–Crippen MR) is 93.9 cm³/mol. The zero-order chi connectivity index (χ0) is 18.6. The summed E-state index contributed by atoms with van der Waals surface area (Å²) in [6.45, 7) is 8.52. The molecule has 1 aromatic carbocycles. The highest BCUT2D eigenvalue weighted by atomic mass is 19.1. The Bertz CT molecular complexity index is 646. The molecule has 6 heteroatoms. The van der Waals surface area contributed by atoms with Crippen molar-refractivity contribution in [3.8, 4) is 0 Å². The lowest BCUT2D eigenvalue weighted by atomic mass is 10.1. The number of ether oxygens (including phenoxy) is 1. The van der Waals surface area contributed by atoms with Crippen LogP contribution in [0.5, 0.6) is 0 Å². The molecule has 0 spiro atoms. The van der Waals surface area contributed by atoms with E-state index in [9.17, 15) is 14.0 Å². The molecule has 1 heterocycles. The van der Waals surface area contributed by atoms with Crippen LogP contribution in [0.3, 0.4) is 0 Å². The fourth-order valence-corrected chi connectivity index (χ4v) is 3.14. The van der Waals surface area contributed by atoms with Crippen LogP contribution in [0.15, 0.2) is 18.2 Å². The average Bonchev–Trinajstić information content (AvgIpc) is 3.02. The lowest BCUT2D eigenvalue weighted by molar-refractivity contribution is -0.142. The molecule has 1 aliphatic rings. The minimum atomic E-state index is -0.901. The van der Waals surface area contributed by atoms with Gasteiger partial charge in [-0.15, -0.1) is 0 Å². The van der Waals surface area contributed by atoms with E-state index in [1.807, 2.05) is 6.92 Å². The van der Waals surface area contributed by atoms with Gasteiger partial charge in [-0.1, -0.05) is 6.07 Å². The average molecular weight is 350 g/mol. The Balaban J connectivity index is 2.04. The Morgan fingerprint density at radius 2 is 2.12 bits per heavy atom. The second-order valence-corrected chi connectivity index (χ2v) is 6.91. The van der Waals surface area contributed by atoms with E-state index >= 15 is 0 Å². The van der Waals surface area contributed by atoms with Crippen molar-refractivity contribution in [2.24, 2.45) is 0 Å². The van der Waals surface area contributed by atoms with Gasteiger partial charge in [0.25, 0.3) is 11.8 Å². The zero-order valence-corrected chi connectivity index (χ0v) is 15.4. The van der Waals surface area contributed by atoms with Gasteiger partial charge >= 0.3 is 0 Å². The number of nitrogens with one attached hydrogen (secondary N) is 1. The minimum Gasteiger partial charge on any atom is -0.366 e. The van der Waals surface area contributed by atoms with Crippen LogP contribution < -0.4 is 5.32 Å². The van der Waals surface area contributed by atoms with Gasteiger partial charge in [-0.05, 0) is 58.2 Å². The summed E-state index contributed by atoms with van der Waals surface area (Å²) in [6, 6.07) is 4.16. The molecule has 1 atom stereocenters. The monoisotopic (exact) mass is 350 g/mol. The minimum absolute atomic E-state index is 0.0865. The van der Waals surface area contributed by atoms with Crippen LogP contribution in [0.4, 0.5) is 4.39 Å². The van der Waals surface area contributed by atoms with E-state index < -0.39 is 11.4 Å². The van der Waals surface area contributed by atoms with Crippen molar-refractivity contribution in [2.45, 2.75) is 52.2 Å². The highest BCUT2D eigenvalue weighted by molar-refractivity contribution is 5.96. The summed E-state index contributed by atoms with van der Waals surface area (Å²) < 4.78 is 19.0. The molecule has 0 bridgehead atoms. The summed E-state index contributed by atoms with van der Waals surface area (Å²) in [5.41, 5.74) is 0.230. The van der Waals surface area contributed by atoms with Crippen molar-refractivity contribution < 1.29 is 18.7 Å². The van der Waals surface area contributed by atoms with Crippen molar-refractivity contribution in [2.75, 3.05) is 19.7 Å². The fraction of sp³-hybridized carbons (Fsp3) is 0.579. The van der Waals surface area contributed by atoms with Crippen molar-refractivity contribution in [3.63, 3.8) is 0 Å². The summed E-state index contributed by atoms with van der Waals surface area (Å²) in [5, 5.41) is 2.88. The molecule has 1 saturated heterocycles. The smallest absolute Gasteiger partial charge is 0.254 e.